The summed E-state index contributed by atoms with van der Waals surface area (Å²) in [5.41, 5.74) is -7.24. The predicted octanol–water partition coefficient (Wildman–Crippen LogP) is 4.92. The van der Waals surface area contributed by atoms with E-state index >= 15 is 0 Å². The van der Waals surface area contributed by atoms with Crippen LogP contribution in [0.2, 0.25) is 0 Å². The molecular formula is C9F12. The summed E-state index contributed by atoms with van der Waals surface area (Å²) in [6.45, 7) is 0. The lowest BCUT2D eigenvalue weighted by molar-refractivity contribution is -0.292. The van der Waals surface area contributed by atoms with Crippen LogP contribution in [0.25, 0.3) is 0 Å². The van der Waals surface area contributed by atoms with Crippen molar-refractivity contribution < 1.29 is 52.7 Å². The Labute approximate surface area is 107 Å². The Morgan fingerprint density at radius 1 is 0.476 bits per heavy atom. The van der Waals surface area contributed by atoms with Gasteiger partial charge >= 0.3 is 18.3 Å². The Morgan fingerprint density at radius 3 is 1.10 bits per heavy atom. The Balaban J connectivity index is 3.98. The maximum absolute atomic E-state index is 13.0. The molecule has 0 aromatic heterocycles. The number of rotatable bonds is 1. The molecule has 0 saturated carbocycles. The van der Waals surface area contributed by atoms with Crippen LogP contribution in [0.3, 0.4) is 0 Å². The molecule has 0 N–H and O–H groups in total. The van der Waals surface area contributed by atoms with E-state index in [-0.39, 0.29) is 0 Å². The molecule has 0 aliphatic carbocycles. The van der Waals surface area contributed by atoms with Gasteiger partial charge in [-0.25, -0.2) is 17.6 Å². The van der Waals surface area contributed by atoms with Crippen LogP contribution < -0.4 is 0 Å². The van der Waals surface area contributed by atoms with E-state index in [0.29, 0.717) is 0 Å². The average molecular weight is 336 g/mol. The molecule has 120 valence electrons. The van der Waals surface area contributed by atoms with Crippen molar-refractivity contribution >= 4 is 0 Å². The van der Waals surface area contributed by atoms with Crippen LogP contribution in [0.4, 0.5) is 52.7 Å². The summed E-state index contributed by atoms with van der Waals surface area (Å²) in [4.78, 5) is 0. The molecule has 0 unspecified atom stereocenters. The Hall–Kier alpha value is -1.62. The lowest BCUT2D eigenvalue weighted by atomic mass is 9.98. The number of alkyl halides is 8. The van der Waals surface area contributed by atoms with Gasteiger partial charge in [-0.1, -0.05) is 0 Å². The Bertz CT molecular complexity index is 564. The minimum absolute atomic E-state index is 3.17. The second-order valence-electron chi connectivity index (χ2n) is 3.58. The third-order valence-corrected chi connectivity index (χ3v) is 2.22. The van der Waals surface area contributed by atoms with E-state index in [1.807, 2.05) is 0 Å². The van der Waals surface area contributed by atoms with E-state index in [9.17, 15) is 52.7 Å². The van der Waals surface area contributed by atoms with Crippen molar-refractivity contribution in [3.8, 4) is 0 Å². The van der Waals surface area contributed by atoms with Crippen LogP contribution in [0, 0.1) is 23.3 Å². The van der Waals surface area contributed by atoms with E-state index < -0.39 is 52.7 Å². The molecule has 21 heavy (non-hydrogen) atoms. The first-order chi connectivity index (χ1) is 9.14. The second kappa shape index (κ2) is 4.70. The summed E-state index contributed by atoms with van der Waals surface area (Å²) >= 11 is 0. The van der Waals surface area contributed by atoms with Gasteiger partial charge in [0.1, 0.15) is 5.56 Å². The van der Waals surface area contributed by atoms with Gasteiger partial charge < -0.3 is 0 Å². The van der Waals surface area contributed by atoms with E-state index in [1.165, 1.54) is 0 Å². The molecule has 0 radical (unpaired) electrons. The molecule has 1 aromatic rings. The summed E-state index contributed by atoms with van der Waals surface area (Å²) in [5, 5.41) is 0. The standard InChI is InChI=1S/C9F12/c10-3-1(7(14,15)9(19,20)21)2(8(16,17)18)4(11)6(13)5(3)12. The van der Waals surface area contributed by atoms with Gasteiger partial charge in [0, 0.05) is 0 Å². The van der Waals surface area contributed by atoms with Crippen LogP contribution >= 0.6 is 0 Å². The molecular weight excluding hydrogens is 336 g/mol. The number of hydrogen-bond acceptors (Lipinski definition) is 0. The maximum Gasteiger partial charge on any atom is 0.458 e. The zero-order valence-electron chi connectivity index (χ0n) is 9.04. The van der Waals surface area contributed by atoms with E-state index in [1.54, 1.807) is 0 Å². The minimum Gasteiger partial charge on any atom is -0.203 e. The van der Waals surface area contributed by atoms with Crippen LogP contribution in [0.5, 0.6) is 0 Å². The second-order valence-corrected chi connectivity index (χ2v) is 3.58. The first-order valence-electron chi connectivity index (χ1n) is 4.52. The van der Waals surface area contributed by atoms with Crippen molar-refractivity contribution in [3.63, 3.8) is 0 Å². The first-order valence-corrected chi connectivity index (χ1v) is 4.52. The lowest BCUT2D eigenvalue weighted by Gasteiger charge is -2.24. The molecule has 1 aromatic carbocycles. The number of benzene rings is 1. The maximum atomic E-state index is 13.0. The smallest absolute Gasteiger partial charge is 0.203 e. The Morgan fingerprint density at radius 2 is 0.810 bits per heavy atom. The van der Waals surface area contributed by atoms with Crippen LogP contribution in [0.15, 0.2) is 0 Å². The van der Waals surface area contributed by atoms with Crippen molar-refractivity contribution in [2.45, 2.75) is 18.3 Å². The summed E-state index contributed by atoms with van der Waals surface area (Å²) in [7, 11) is 0. The van der Waals surface area contributed by atoms with Crippen molar-refractivity contribution in [3.05, 3.63) is 34.4 Å². The summed E-state index contributed by atoms with van der Waals surface area (Å²) in [6, 6.07) is 0. The topological polar surface area (TPSA) is 0 Å². The molecule has 0 spiro atoms. The quantitative estimate of drug-likeness (QED) is 0.388. The highest BCUT2D eigenvalue weighted by Crippen LogP contribution is 2.50. The van der Waals surface area contributed by atoms with Gasteiger partial charge in [0.25, 0.3) is 0 Å². The van der Waals surface area contributed by atoms with Crippen molar-refractivity contribution in [2.75, 3.05) is 0 Å². The zero-order valence-corrected chi connectivity index (χ0v) is 9.04. The third kappa shape index (κ3) is 2.62. The lowest BCUT2D eigenvalue weighted by Crippen LogP contribution is -2.38. The summed E-state index contributed by atoms with van der Waals surface area (Å²) in [5.74, 6) is -19.9. The van der Waals surface area contributed by atoms with Crippen LogP contribution in [0.1, 0.15) is 11.1 Å². The normalized spacial score (nSPS) is 13.7. The highest BCUT2D eigenvalue weighted by molar-refractivity contribution is 5.38. The van der Waals surface area contributed by atoms with Crippen molar-refractivity contribution in [1.29, 1.82) is 0 Å². The van der Waals surface area contributed by atoms with Gasteiger partial charge in [-0.3, -0.25) is 0 Å². The molecule has 0 bridgehead atoms. The molecule has 0 saturated heterocycles. The van der Waals surface area contributed by atoms with Crippen LogP contribution in [-0.4, -0.2) is 6.18 Å². The average Bonchev–Trinajstić information content (AvgIpc) is 2.27. The molecule has 12 heteroatoms. The molecule has 0 fully saturated rings. The zero-order chi connectivity index (χ0) is 17.0. The molecule has 0 aliphatic heterocycles. The van der Waals surface area contributed by atoms with Gasteiger partial charge in [0.2, 0.25) is 0 Å². The number of hydrogen-bond donors (Lipinski definition) is 0. The fourth-order valence-electron chi connectivity index (χ4n) is 1.33. The summed E-state index contributed by atoms with van der Waals surface area (Å²) < 4.78 is 150. The molecule has 0 heterocycles. The molecule has 0 amide bonds. The fraction of sp³-hybridized carbons (Fsp3) is 0.333. The molecule has 0 aliphatic rings. The van der Waals surface area contributed by atoms with Gasteiger partial charge in [-0.05, 0) is 0 Å². The minimum atomic E-state index is -6.80. The highest BCUT2D eigenvalue weighted by Gasteiger charge is 2.64. The van der Waals surface area contributed by atoms with Gasteiger partial charge in [-0.15, -0.1) is 0 Å². The SMILES string of the molecule is Fc1c(F)c(F)c(C(F)(F)C(F)(F)F)c(C(F)(F)F)c1F. The Kier molecular flexibility index (Phi) is 3.90. The van der Waals surface area contributed by atoms with Crippen LogP contribution in [-0.2, 0) is 12.1 Å². The first kappa shape index (κ1) is 17.4. The molecule has 0 atom stereocenters. The number of halogens is 12. The van der Waals surface area contributed by atoms with E-state index in [4.69, 9.17) is 0 Å². The monoisotopic (exact) mass is 336 g/mol. The summed E-state index contributed by atoms with van der Waals surface area (Å²) in [6.07, 6.45) is -13.1. The largest absolute Gasteiger partial charge is 0.458 e. The van der Waals surface area contributed by atoms with Crippen molar-refractivity contribution in [1.82, 2.24) is 0 Å². The van der Waals surface area contributed by atoms with Gasteiger partial charge in [0.15, 0.2) is 23.3 Å². The highest BCUT2D eigenvalue weighted by atomic mass is 19.4. The van der Waals surface area contributed by atoms with Gasteiger partial charge in [0.05, 0.1) is 5.56 Å². The molecule has 0 nitrogen and oxygen atoms in total. The van der Waals surface area contributed by atoms with E-state index in [0.717, 1.165) is 0 Å². The fourth-order valence-corrected chi connectivity index (χ4v) is 1.33. The third-order valence-electron chi connectivity index (χ3n) is 2.22. The van der Waals surface area contributed by atoms with Gasteiger partial charge in [-0.2, -0.15) is 35.1 Å². The van der Waals surface area contributed by atoms with E-state index in [2.05, 4.69) is 0 Å². The molecule has 1 rings (SSSR count). The van der Waals surface area contributed by atoms with Crippen molar-refractivity contribution in [2.24, 2.45) is 0 Å². The predicted molar refractivity (Wildman–Crippen MR) is 41.2 cm³/mol.